The quantitative estimate of drug-likeness (QED) is 0.492. The Kier molecular flexibility index (Phi) is 2.93. The Bertz CT molecular complexity index is 154. The lowest BCUT2D eigenvalue weighted by molar-refractivity contribution is -0.335. The summed E-state index contributed by atoms with van der Waals surface area (Å²) in [6.07, 6.45) is 1.98. The van der Waals surface area contributed by atoms with E-state index in [1.54, 1.807) is 14.2 Å². The third-order valence-electron chi connectivity index (χ3n) is 2.32. The topological polar surface area (TPSA) is 27.7 Å². The van der Waals surface area contributed by atoms with E-state index in [0.29, 0.717) is 0 Å². The SMILES string of the molecule is COC1(OC)CCC[Si](C)(C)O1. The van der Waals surface area contributed by atoms with Crippen molar-refractivity contribution >= 4 is 8.32 Å². The molecule has 1 aliphatic rings. The van der Waals surface area contributed by atoms with Gasteiger partial charge < -0.3 is 13.9 Å². The smallest absolute Gasteiger partial charge is 0.272 e. The van der Waals surface area contributed by atoms with Crippen molar-refractivity contribution in [3.63, 3.8) is 0 Å². The Morgan fingerprint density at radius 2 is 1.83 bits per heavy atom. The maximum Gasteiger partial charge on any atom is 0.272 e. The Labute approximate surface area is 75.1 Å². The number of hydrogen-bond acceptors (Lipinski definition) is 3. The molecule has 3 nitrogen and oxygen atoms in total. The summed E-state index contributed by atoms with van der Waals surface area (Å²) in [7, 11) is 1.76. The highest BCUT2D eigenvalue weighted by molar-refractivity contribution is 6.71. The van der Waals surface area contributed by atoms with Crippen LogP contribution in [0, 0.1) is 0 Å². The summed E-state index contributed by atoms with van der Waals surface area (Å²) in [5.41, 5.74) is 0. The van der Waals surface area contributed by atoms with Gasteiger partial charge in [0.15, 0.2) is 8.32 Å². The van der Waals surface area contributed by atoms with E-state index in [9.17, 15) is 0 Å². The van der Waals surface area contributed by atoms with Crippen molar-refractivity contribution < 1.29 is 13.9 Å². The minimum Gasteiger partial charge on any atom is -0.369 e. The lowest BCUT2D eigenvalue weighted by Crippen LogP contribution is -2.50. The zero-order chi connectivity index (χ0) is 9.24. The molecule has 1 rings (SSSR count). The second-order valence-corrected chi connectivity index (χ2v) is 8.03. The van der Waals surface area contributed by atoms with Crippen molar-refractivity contribution in [3.05, 3.63) is 0 Å². The van der Waals surface area contributed by atoms with Crippen molar-refractivity contribution in [1.82, 2.24) is 0 Å². The van der Waals surface area contributed by atoms with Crippen LogP contribution >= 0.6 is 0 Å². The number of ether oxygens (including phenoxy) is 2. The molecule has 0 saturated carbocycles. The van der Waals surface area contributed by atoms with Crippen molar-refractivity contribution in [1.29, 1.82) is 0 Å². The Balaban J connectivity index is 2.65. The lowest BCUT2D eigenvalue weighted by Gasteiger charge is -2.41. The molecular formula is C8H18O3Si. The molecule has 0 unspecified atom stereocenters. The van der Waals surface area contributed by atoms with Crippen LogP contribution in [0.4, 0.5) is 0 Å². The van der Waals surface area contributed by atoms with E-state index < -0.39 is 14.3 Å². The van der Waals surface area contributed by atoms with E-state index in [2.05, 4.69) is 13.1 Å². The Morgan fingerprint density at radius 1 is 1.25 bits per heavy atom. The van der Waals surface area contributed by atoms with Gasteiger partial charge in [-0.1, -0.05) is 0 Å². The van der Waals surface area contributed by atoms with Crippen LogP contribution in [0.15, 0.2) is 0 Å². The van der Waals surface area contributed by atoms with Crippen LogP contribution in [-0.4, -0.2) is 28.5 Å². The van der Waals surface area contributed by atoms with E-state index in [1.165, 1.54) is 6.04 Å². The molecule has 12 heavy (non-hydrogen) atoms. The van der Waals surface area contributed by atoms with E-state index in [4.69, 9.17) is 13.9 Å². The summed E-state index contributed by atoms with van der Waals surface area (Å²) in [6, 6.07) is 1.20. The van der Waals surface area contributed by atoms with Crippen LogP contribution in [0.5, 0.6) is 0 Å². The van der Waals surface area contributed by atoms with Crippen molar-refractivity contribution in [2.24, 2.45) is 0 Å². The van der Waals surface area contributed by atoms with Crippen LogP contribution in [0.1, 0.15) is 12.8 Å². The molecule has 0 spiro atoms. The highest BCUT2D eigenvalue weighted by Gasteiger charge is 2.42. The normalized spacial score (nSPS) is 27.0. The van der Waals surface area contributed by atoms with Gasteiger partial charge in [0, 0.05) is 20.6 Å². The molecular weight excluding hydrogens is 172 g/mol. The van der Waals surface area contributed by atoms with Crippen LogP contribution in [0.3, 0.4) is 0 Å². The maximum absolute atomic E-state index is 5.85. The summed E-state index contributed by atoms with van der Waals surface area (Å²) in [6.45, 7) is 4.39. The van der Waals surface area contributed by atoms with Crippen LogP contribution < -0.4 is 0 Å². The van der Waals surface area contributed by atoms with Gasteiger partial charge in [0.05, 0.1) is 0 Å². The zero-order valence-corrected chi connectivity index (χ0v) is 9.35. The largest absolute Gasteiger partial charge is 0.369 e. The summed E-state index contributed by atoms with van der Waals surface area (Å²) < 4.78 is 16.4. The molecule has 1 aliphatic heterocycles. The van der Waals surface area contributed by atoms with Gasteiger partial charge in [0.2, 0.25) is 0 Å². The number of methoxy groups -OCH3 is 2. The molecule has 0 amide bonds. The molecule has 0 aromatic heterocycles. The monoisotopic (exact) mass is 190 g/mol. The fraction of sp³-hybridized carbons (Fsp3) is 1.00. The molecule has 0 atom stereocenters. The van der Waals surface area contributed by atoms with Gasteiger partial charge >= 0.3 is 0 Å². The highest BCUT2D eigenvalue weighted by Crippen LogP contribution is 2.34. The third kappa shape index (κ3) is 2.07. The van der Waals surface area contributed by atoms with Crippen molar-refractivity contribution in [3.8, 4) is 0 Å². The molecule has 0 N–H and O–H groups in total. The average molecular weight is 190 g/mol. The first kappa shape index (κ1) is 10.2. The maximum atomic E-state index is 5.85. The molecule has 4 heteroatoms. The van der Waals surface area contributed by atoms with Gasteiger partial charge in [0.1, 0.15) is 0 Å². The van der Waals surface area contributed by atoms with Crippen LogP contribution in [-0.2, 0) is 13.9 Å². The minimum atomic E-state index is -1.52. The molecule has 0 aliphatic carbocycles. The van der Waals surface area contributed by atoms with E-state index in [-0.39, 0.29) is 0 Å². The molecule has 1 saturated heterocycles. The fourth-order valence-corrected chi connectivity index (χ4v) is 3.87. The molecule has 0 radical (unpaired) electrons. The van der Waals surface area contributed by atoms with Gasteiger partial charge in [-0.2, -0.15) is 0 Å². The van der Waals surface area contributed by atoms with Crippen molar-refractivity contribution in [2.45, 2.75) is 38.0 Å². The predicted octanol–water partition coefficient (Wildman–Crippen LogP) is 1.95. The van der Waals surface area contributed by atoms with Crippen LogP contribution in [0.25, 0.3) is 0 Å². The number of hydrogen-bond donors (Lipinski definition) is 0. The second kappa shape index (κ2) is 3.45. The molecule has 72 valence electrons. The first-order valence-electron chi connectivity index (χ1n) is 4.34. The minimum absolute atomic E-state index is 0.742. The molecule has 0 aromatic rings. The first-order chi connectivity index (χ1) is 5.54. The van der Waals surface area contributed by atoms with E-state index in [1.807, 2.05) is 0 Å². The van der Waals surface area contributed by atoms with E-state index >= 15 is 0 Å². The fourth-order valence-electron chi connectivity index (χ4n) is 1.62. The van der Waals surface area contributed by atoms with Crippen molar-refractivity contribution in [2.75, 3.05) is 14.2 Å². The first-order valence-corrected chi connectivity index (χ1v) is 7.46. The highest BCUT2D eigenvalue weighted by atomic mass is 28.4. The van der Waals surface area contributed by atoms with Gasteiger partial charge in [-0.25, -0.2) is 0 Å². The zero-order valence-electron chi connectivity index (χ0n) is 8.35. The van der Waals surface area contributed by atoms with Gasteiger partial charge in [-0.3, -0.25) is 0 Å². The summed E-state index contributed by atoms with van der Waals surface area (Å²) in [5, 5.41) is 0. The Morgan fingerprint density at radius 3 is 2.17 bits per heavy atom. The molecule has 1 fully saturated rings. The Hall–Kier alpha value is 0.0969. The van der Waals surface area contributed by atoms with Crippen LogP contribution in [0.2, 0.25) is 19.1 Å². The lowest BCUT2D eigenvalue weighted by atomic mass is 10.3. The third-order valence-corrected chi connectivity index (χ3v) is 4.74. The summed E-state index contributed by atoms with van der Waals surface area (Å²) in [5.74, 6) is -0.742. The average Bonchev–Trinajstić information content (AvgIpc) is 2.02. The standard InChI is InChI=1S/C8H18O3Si/c1-9-8(10-2)6-5-7-12(3,4)11-8/h5-7H2,1-4H3. The van der Waals surface area contributed by atoms with E-state index in [0.717, 1.165) is 12.8 Å². The van der Waals surface area contributed by atoms with Gasteiger partial charge in [-0.15, -0.1) is 0 Å². The summed E-state index contributed by atoms with van der Waals surface area (Å²) >= 11 is 0. The van der Waals surface area contributed by atoms with Gasteiger partial charge in [0.25, 0.3) is 5.97 Å². The predicted molar refractivity (Wildman–Crippen MR) is 49.4 cm³/mol. The second-order valence-electron chi connectivity index (χ2n) is 3.81. The summed E-state index contributed by atoms with van der Waals surface area (Å²) in [4.78, 5) is 0. The molecule has 0 bridgehead atoms. The number of rotatable bonds is 2. The van der Waals surface area contributed by atoms with Gasteiger partial charge in [-0.05, 0) is 25.6 Å². The molecule has 1 heterocycles. The molecule has 0 aromatic carbocycles.